The highest BCUT2D eigenvalue weighted by Gasteiger charge is 2.15. The van der Waals surface area contributed by atoms with Crippen LogP contribution in [-0.4, -0.2) is 46.0 Å². The van der Waals surface area contributed by atoms with E-state index in [-0.39, 0.29) is 18.3 Å². The van der Waals surface area contributed by atoms with Gasteiger partial charge in [0.1, 0.15) is 0 Å². The van der Waals surface area contributed by atoms with Gasteiger partial charge in [0, 0.05) is 24.2 Å². The molecule has 0 unspecified atom stereocenters. The fourth-order valence-corrected chi connectivity index (χ4v) is 2.76. The normalized spacial score (nSPS) is 10.3. The van der Waals surface area contributed by atoms with E-state index < -0.39 is 5.97 Å². The number of rotatable bonds is 8. The van der Waals surface area contributed by atoms with Crippen LogP contribution in [-0.2, 0) is 20.9 Å². The molecule has 0 saturated heterocycles. The molecule has 9 heteroatoms. The Bertz CT molecular complexity index is 761. The predicted molar refractivity (Wildman–Crippen MR) is 96.4 cm³/mol. The van der Waals surface area contributed by atoms with Gasteiger partial charge in [-0.3, -0.25) is 14.2 Å². The first kappa shape index (κ1) is 19.0. The van der Waals surface area contributed by atoms with Crippen LogP contribution in [0.2, 0.25) is 5.02 Å². The number of likely N-dealkylation sites (N-methyl/N-ethyl adjacent to an activating group) is 1. The number of ether oxygens (including phenoxy) is 1. The summed E-state index contributed by atoms with van der Waals surface area (Å²) >= 11 is 7.09. The summed E-state index contributed by atoms with van der Waals surface area (Å²) in [4.78, 5) is 22.8. The molecule has 0 aliphatic carbocycles. The zero-order valence-electron chi connectivity index (χ0n) is 13.6. The lowest BCUT2D eigenvalue weighted by Crippen LogP contribution is -2.25. The molecule has 0 aliphatic rings. The van der Waals surface area contributed by atoms with E-state index in [1.165, 1.54) is 18.8 Å². The van der Waals surface area contributed by atoms with E-state index in [9.17, 15) is 9.59 Å². The average molecular weight is 381 g/mol. The van der Waals surface area contributed by atoms with Gasteiger partial charge in [-0.05, 0) is 24.3 Å². The molecule has 7 nitrogen and oxygen atoms in total. The second kappa shape index (κ2) is 9.24. The number of benzene rings is 1. The van der Waals surface area contributed by atoms with Crippen molar-refractivity contribution in [1.29, 1.82) is 0 Å². The van der Waals surface area contributed by atoms with E-state index in [1.807, 2.05) is 16.7 Å². The second-order valence-electron chi connectivity index (χ2n) is 4.83. The predicted octanol–water partition coefficient (Wildman–Crippen LogP) is 2.17. The molecule has 2 aromatic rings. The Morgan fingerprint density at radius 2 is 2.08 bits per heavy atom. The van der Waals surface area contributed by atoms with Crippen LogP contribution in [0.1, 0.15) is 0 Å². The van der Waals surface area contributed by atoms with Crippen LogP contribution in [0.25, 0.3) is 11.4 Å². The quantitative estimate of drug-likeness (QED) is 0.429. The lowest BCUT2D eigenvalue weighted by atomic mass is 10.2. The lowest BCUT2D eigenvalue weighted by Gasteiger charge is -2.08. The number of amides is 1. The van der Waals surface area contributed by atoms with E-state index in [2.05, 4.69) is 22.1 Å². The van der Waals surface area contributed by atoms with Crippen molar-refractivity contribution in [1.82, 2.24) is 20.1 Å². The number of nitrogens with zero attached hydrogens (tertiary/aromatic N) is 3. The van der Waals surface area contributed by atoms with Gasteiger partial charge in [0.05, 0.1) is 5.75 Å². The van der Waals surface area contributed by atoms with Crippen molar-refractivity contribution in [2.75, 3.05) is 19.4 Å². The van der Waals surface area contributed by atoms with Gasteiger partial charge in [-0.1, -0.05) is 29.4 Å². The van der Waals surface area contributed by atoms with Crippen LogP contribution in [0.4, 0.5) is 0 Å². The van der Waals surface area contributed by atoms with Crippen LogP contribution >= 0.6 is 23.4 Å². The Balaban J connectivity index is 2.08. The van der Waals surface area contributed by atoms with E-state index in [1.54, 1.807) is 18.2 Å². The molecule has 25 heavy (non-hydrogen) atoms. The Kier molecular flexibility index (Phi) is 7.03. The minimum absolute atomic E-state index is 0.0207. The summed E-state index contributed by atoms with van der Waals surface area (Å²) in [6, 6.07) is 7.23. The van der Waals surface area contributed by atoms with E-state index in [4.69, 9.17) is 16.3 Å². The molecule has 1 N–H and O–H groups in total. The third-order valence-electron chi connectivity index (χ3n) is 3.09. The van der Waals surface area contributed by atoms with Crippen LogP contribution < -0.4 is 5.32 Å². The smallest absolute Gasteiger partial charge is 0.316 e. The van der Waals surface area contributed by atoms with Crippen molar-refractivity contribution in [3.05, 3.63) is 41.9 Å². The summed E-state index contributed by atoms with van der Waals surface area (Å²) in [5.74, 6) is -0.196. The third-order valence-corrected chi connectivity index (χ3v) is 4.29. The number of esters is 1. The van der Waals surface area contributed by atoms with Gasteiger partial charge < -0.3 is 10.1 Å². The molecule has 132 valence electrons. The molecule has 0 bridgehead atoms. The number of carbonyl (C=O) groups excluding carboxylic acids is 2. The highest BCUT2D eigenvalue weighted by molar-refractivity contribution is 7.99. The first-order valence-corrected chi connectivity index (χ1v) is 8.70. The van der Waals surface area contributed by atoms with Gasteiger partial charge in [-0.15, -0.1) is 16.8 Å². The first-order valence-electron chi connectivity index (χ1n) is 7.34. The van der Waals surface area contributed by atoms with Crippen molar-refractivity contribution in [2.45, 2.75) is 11.7 Å². The van der Waals surface area contributed by atoms with Crippen molar-refractivity contribution in [3.8, 4) is 11.4 Å². The Morgan fingerprint density at radius 1 is 1.36 bits per heavy atom. The largest absolute Gasteiger partial charge is 0.455 e. The molecule has 0 atom stereocenters. The van der Waals surface area contributed by atoms with Crippen LogP contribution in [0.5, 0.6) is 0 Å². The monoisotopic (exact) mass is 380 g/mol. The van der Waals surface area contributed by atoms with Crippen molar-refractivity contribution in [2.24, 2.45) is 0 Å². The number of aromatic nitrogens is 3. The van der Waals surface area contributed by atoms with E-state index in [0.29, 0.717) is 22.5 Å². The molecule has 1 amide bonds. The molecular formula is C16H17ClN4O3S. The number of thioether (sulfide) groups is 1. The average Bonchev–Trinajstić information content (AvgIpc) is 3.01. The highest BCUT2D eigenvalue weighted by atomic mass is 35.5. The maximum atomic E-state index is 11.7. The number of allylic oxidation sites excluding steroid dienone is 1. The zero-order chi connectivity index (χ0) is 18.2. The molecule has 1 aromatic heterocycles. The summed E-state index contributed by atoms with van der Waals surface area (Å²) in [5.41, 5.74) is 0.854. The molecule has 0 spiro atoms. The Labute approximate surface area is 154 Å². The summed E-state index contributed by atoms with van der Waals surface area (Å²) in [5, 5.41) is 11.9. The maximum Gasteiger partial charge on any atom is 0.316 e. The molecule has 0 aliphatic heterocycles. The summed E-state index contributed by atoms with van der Waals surface area (Å²) in [6.45, 7) is 3.92. The number of nitrogens with one attached hydrogen (secondary N) is 1. The van der Waals surface area contributed by atoms with Gasteiger partial charge in [0.25, 0.3) is 5.91 Å². The molecule has 1 aromatic carbocycles. The number of hydrogen-bond donors (Lipinski definition) is 1. The SMILES string of the molecule is C=CCn1c(SCC(=O)OCC(=O)NC)nnc1-c1ccc(Cl)cc1. The van der Waals surface area contributed by atoms with Crippen molar-refractivity contribution < 1.29 is 14.3 Å². The minimum Gasteiger partial charge on any atom is -0.455 e. The van der Waals surface area contributed by atoms with Crippen molar-refractivity contribution >= 4 is 35.2 Å². The third kappa shape index (κ3) is 5.33. The lowest BCUT2D eigenvalue weighted by molar-refractivity contribution is -0.145. The van der Waals surface area contributed by atoms with Gasteiger partial charge in [0.15, 0.2) is 17.6 Å². The van der Waals surface area contributed by atoms with Crippen molar-refractivity contribution in [3.63, 3.8) is 0 Å². The van der Waals surface area contributed by atoms with Gasteiger partial charge in [-0.2, -0.15) is 0 Å². The second-order valence-corrected chi connectivity index (χ2v) is 6.21. The van der Waals surface area contributed by atoms with Gasteiger partial charge in [0.2, 0.25) is 0 Å². The Morgan fingerprint density at radius 3 is 2.72 bits per heavy atom. The topological polar surface area (TPSA) is 86.1 Å². The van der Waals surface area contributed by atoms with E-state index in [0.717, 1.165) is 5.56 Å². The highest BCUT2D eigenvalue weighted by Crippen LogP contribution is 2.25. The molecular weight excluding hydrogens is 364 g/mol. The molecule has 2 rings (SSSR count). The van der Waals surface area contributed by atoms with Gasteiger partial charge in [-0.25, -0.2) is 0 Å². The van der Waals surface area contributed by atoms with Crippen LogP contribution in [0.3, 0.4) is 0 Å². The number of halogens is 1. The molecule has 0 fully saturated rings. The standard InChI is InChI=1S/C16H17ClN4O3S/c1-3-8-21-15(11-4-6-12(17)7-5-11)19-20-16(21)25-10-14(23)24-9-13(22)18-2/h3-7H,1,8-10H2,2H3,(H,18,22). The molecule has 0 saturated carbocycles. The molecule has 0 radical (unpaired) electrons. The maximum absolute atomic E-state index is 11.7. The fourth-order valence-electron chi connectivity index (χ4n) is 1.89. The summed E-state index contributed by atoms with van der Waals surface area (Å²) in [6.07, 6.45) is 1.72. The zero-order valence-corrected chi connectivity index (χ0v) is 15.1. The van der Waals surface area contributed by atoms with Crippen LogP contribution in [0.15, 0.2) is 42.1 Å². The first-order chi connectivity index (χ1) is 12.0. The fraction of sp³-hybridized carbons (Fsp3) is 0.250. The summed E-state index contributed by atoms with van der Waals surface area (Å²) < 4.78 is 6.70. The van der Waals surface area contributed by atoms with E-state index >= 15 is 0 Å². The summed E-state index contributed by atoms with van der Waals surface area (Å²) in [7, 11) is 1.47. The molecule has 1 heterocycles. The van der Waals surface area contributed by atoms with Crippen LogP contribution in [0, 0.1) is 0 Å². The minimum atomic E-state index is -0.505. The van der Waals surface area contributed by atoms with Gasteiger partial charge >= 0.3 is 5.97 Å². The number of carbonyl (C=O) groups is 2. The Hall–Kier alpha value is -2.32. The number of hydrogen-bond acceptors (Lipinski definition) is 6.